The predicted octanol–water partition coefficient (Wildman–Crippen LogP) is 1.53. The standard InChI is InChI=1S/C15H21N3O3/c1-2-21-15(20)11-6-8-12(9-7-11)17-14(19)13-5-3-4-10-18(13)16/h6-9,13H,2-5,10,16H2,1H3,(H,17,19). The molecular weight excluding hydrogens is 270 g/mol. The van der Waals surface area contributed by atoms with Gasteiger partial charge in [0.15, 0.2) is 0 Å². The van der Waals surface area contributed by atoms with E-state index < -0.39 is 0 Å². The molecule has 21 heavy (non-hydrogen) atoms. The molecule has 1 unspecified atom stereocenters. The predicted molar refractivity (Wildman–Crippen MR) is 79.6 cm³/mol. The van der Waals surface area contributed by atoms with Gasteiger partial charge < -0.3 is 10.1 Å². The SMILES string of the molecule is CCOC(=O)c1ccc(NC(=O)C2CCCCN2N)cc1. The molecule has 0 spiro atoms. The van der Waals surface area contributed by atoms with Gasteiger partial charge in [-0.2, -0.15) is 0 Å². The molecule has 6 nitrogen and oxygen atoms in total. The molecule has 1 aliphatic heterocycles. The van der Waals surface area contributed by atoms with E-state index in [0.717, 1.165) is 25.8 Å². The van der Waals surface area contributed by atoms with Crippen molar-refractivity contribution in [2.45, 2.75) is 32.2 Å². The van der Waals surface area contributed by atoms with E-state index in [1.54, 1.807) is 36.2 Å². The average Bonchev–Trinajstić information content (AvgIpc) is 2.48. The smallest absolute Gasteiger partial charge is 0.338 e. The normalized spacial score (nSPS) is 19.0. The first-order chi connectivity index (χ1) is 10.1. The number of carbonyl (C=O) groups excluding carboxylic acids is 2. The molecule has 6 heteroatoms. The third-order valence-corrected chi connectivity index (χ3v) is 3.51. The monoisotopic (exact) mass is 291 g/mol. The lowest BCUT2D eigenvalue weighted by atomic mass is 10.0. The molecular formula is C15H21N3O3. The van der Waals surface area contributed by atoms with Gasteiger partial charge in [-0.05, 0) is 50.5 Å². The van der Waals surface area contributed by atoms with Crippen LogP contribution in [0.4, 0.5) is 5.69 Å². The summed E-state index contributed by atoms with van der Waals surface area (Å²) in [7, 11) is 0. The first-order valence-electron chi connectivity index (χ1n) is 7.21. The number of hydrogen-bond donors (Lipinski definition) is 2. The molecule has 1 saturated heterocycles. The molecule has 1 fully saturated rings. The Kier molecular flexibility index (Phi) is 5.30. The van der Waals surface area contributed by atoms with Crippen LogP contribution >= 0.6 is 0 Å². The van der Waals surface area contributed by atoms with E-state index in [0.29, 0.717) is 17.9 Å². The highest BCUT2D eigenvalue weighted by Crippen LogP contribution is 2.16. The van der Waals surface area contributed by atoms with Crippen molar-refractivity contribution in [3.63, 3.8) is 0 Å². The summed E-state index contributed by atoms with van der Waals surface area (Å²) in [6.45, 7) is 2.83. The Labute approximate surface area is 124 Å². The lowest BCUT2D eigenvalue weighted by Gasteiger charge is -2.30. The molecule has 0 bridgehead atoms. The minimum atomic E-state index is -0.365. The Bertz CT molecular complexity index is 501. The first-order valence-corrected chi connectivity index (χ1v) is 7.21. The summed E-state index contributed by atoms with van der Waals surface area (Å²) in [5, 5.41) is 4.42. The molecule has 1 aromatic rings. The van der Waals surface area contributed by atoms with Crippen molar-refractivity contribution in [1.82, 2.24) is 5.01 Å². The van der Waals surface area contributed by atoms with Crippen molar-refractivity contribution in [1.29, 1.82) is 0 Å². The van der Waals surface area contributed by atoms with E-state index in [9.17, 15) is 9.59 Å². The zero-order chi connectivity index (χ0) is 15.2. The maximum absolute atomic E-state index is 12.2. The van der Waals surface area contributed by atoms with E-state index in [4.69, 9.17) is 10.6 Å². The molecule has 2 rings (SSSR count). The van der Waals surface area contributed by atoms with Gasteiger partial charge in [0.1, 0.15) is 6.04 Å². The molecule has 0 radical (unpaired) electrons. The van der Waals surface area contributed by atoms with Crippen LogP contribution in [0.15, 0.2) is 24.3 Å². The number of benzene rings is 1. The first kappa shape index (κ1) is 15.5. The largest absolute Gasteiger partial charge is 0.462 e. The van der Waals surface area contributed by atoms with Crippen molar-refractivity contribution in [2.75, 3.05) is 18.5 Å². The lowest BCUT2D eigenvalue weighted by Crippen LogP contribution is -2.50. The van der Waals surface area contributed by atoms with Crippen LogP contribution in [-0.2, 0) is 9.53 Å². The van der Waals surface area contributed by atoms with Crippen LogP contribution in [-0.4, -0.2) is 36.1 Å². The van der Waals surface area contributed by atoms with Crippen LogP contribution in [0.5, 0.6) is 0 Å². The number of esters is 1. The van der Waals surface area contributed by atoms with E-state index in [2.05, 4.69) is 5.32 Å². The third kappa shape index (κ3) is 4.03. The van der Waals surface area contributed by atoms with Gasteiger partial charge in [-0.15, -0.1) is 0 Å². The number of hydrogen-bond acceptors (Lipinski definition) is 5. The number of piperidine rings is 1. The maximum Gasteiger partial charge on any atom is 0.338 e. The number of nitrogens with zero attached hydrogens (tertiary/aromatic N) is 1. The molecule has 1 heterocycles. The second-order valence-corrected chi connectivity index (χ2v) is 5.04. The second kappa shape index (κ2) is 7.19. The van der Waals surface area contributed by atoms with Crippen molar-refractivity contribution in [3.8, 4) is 0 Å². The van der Waals surface area contributed by atoms with Gasteiger partial charge in [-0.25, -0.2) is 9.80 Å². The van der Waals surface area contributed by atoms with Gasteiger partial charge in [0.05, 0.1) is 12.2 Å². The van der Waals surface area contributed by atoms with Crippen LogP contribution in [0.3, 0.4) is 0 Å². The molecule has 1 aliphatic rings. The average molecular weight is 291 g/mol. The van der Waals surface area contributed by atoms with Crippen molar-refractivity contribution >= 4 is 17.6 Å². The van der Waals surface area contributed by atoms with Crippen molar-refractivity contribution in [2.24, 2.45) is 5.84 Å². The second-order valence-electron chi connectivity index (χ2n) is 5.04. The molecule has 1 aromatic carbocycles. The van der Waals surface area contributed by atoms with E-state index >= 15 is 0 Å². The number of nitrogens with one attached hydrogen (secondary N) is 1. The molecule has 0 saturated carbocycles. The fraction of sp³-hybridized carbons (Fsp3) is 0.467. The Hall–Kier alpha value is -1.92. The number of hydrazine groups is 1. The van der Waals surface area contributed by atoms with E-state index in [1.165, 1.54) is 0 Å². The number of anilines is 1. The zero-order valence-electron chi connectivity index (χ0n) is 12.2. The third-order valence-electron chi connectivity index (χ3n) is 3.51. The Morgan fingerprint density at radius 3 is 2.67 bits per heavy atom. The molecule has 3 N–H and O–H groups in total. The summed E-state index contributed by atoms with van der Waals surface area (Å²) < 4.78 is 4.91. The number of nitrogens with two attached hydrogens (primary N) is 1. The minimum absolute atomic E-state index is 0.110. The van der Waals surface area contributed by atoms with Gasteiger partial charge >= 0.3 is 5.97 Å². The van der Waals surface area contributed by atoms with Crippen molar-refractivity contribution in [3.05, 3.63) is 29.8 Å². The topological polar surface area (TPSA) is 84.7 Å². The quantitative estimate of drug-likeness (QED) is 0.649. The molecule has 0 aromatic heterocycles. The van der Waals surface area contributed by atoms with Gasteiger partial charge in [-0.3, -0.25) is 10.6 Å². The van der Waals surface area contributed by atoms with Crippen LogP contribution in [0.2, 0.25) is 0 Å². The molecule has 1 atom stereocenters. The van der Waals surface area contributed by atoms with Gasteiger partial charge in [0.25, 0.3) is 0 Å². The van der Waals surface area contributed by atoms with Crippen LogP contribution in [0.1, 0.15) is 36.5 Å². The molecule has 114 valence electrons. The summed E-state index contributed by atoms with van der Waals surface area (Å²) in [4.78, 5) is 23.7. The summed E-state index contributed by atoms with van der Waals surface area (Å²) in [5.41, 5.74) is 1.11. The maximum atomic E-state index is 12.2. The van der Waals surface area contributed by atoms with Crippen molar-refractivity contribution < 1.29 is 14.3 Å². The number of rotatable bonds is 4. The van der Waals surface area contributed by atoms with Crippen LogP contribution in [0.25, 0.3) is 0 Å². The highest BCUT2D eigenvalue weighted by Gasteiger charge is 2.26. The summed E-state index contributed by atoms with van der Waals surface area (Å²) in [5.74, 6) is 5.37. The molecule has 0 aliphatic carbocycles. The summed E-state index contributed by atoms with van der Waals surface area (Å²) in [6, 6.07) is 6.36. The van der Waals surface area contributed by atoms with Gasteiger partial charge in [-0.1, -0.05) is 0 Å². The van der Waals surface area contributed by atoms with Crippen LogP contribution in [0, 0.1) is 0 Å². The Morgan fingerprint density at radius 2 is 2.05 bits per heavy atom. The Morgan fingerprint density at radius 1 is 1.33 bits per heavy atom. The molecule has 1 amide bonds. The van der Waals surface area contributed by atoms with E-state index in [1.807, 2.05) is 0 Å². The number of amides is 1. The van der Waals surface area contributed by atoms with Crippen LogP contribution < -0.4 is 11.2 Å². The summed E-state index contributed by atoms with van der Waals surface area (Å²) in [6.07, 6.45) is 2.80. The van der Waals surface area contributed by atoms with Gasteiger partial charge in [0, 0.05) is 12.2 Å². The fourth-order valence-corrected chi connectivity index (χ4v) is 2.37. The zero-order valence-corrected chi connectivity index (χ0v) is 12.2. The Balaban J connectivity index is 1.96. The highest BCUT2D eigenvalue weighted by molar-refractivity contribution is 5.95. The number of ether oxygens (including phenoxy) is 1. The summed E-state index contributed by atoms with van der Waals surface area (Å²) >= 11 is 0. The highest BCUT2D eigenvalue weighted by atomic mass is 16.5. The van der Waals surface area contributed by atoms with E-state index in [-0.39, 0.29) is 17.9 Å². The fourth-order valence-electron chi connectivity index (χ4n) is 2.37. The number of carbonyl (C=O) groups is 2. The minimum Gasteiger partial charge on any atom is -0.462 e. The lowest BCUT2D eigenvalue weighted by molar-refractivity contribution is -0.122. The van der Waals surface area contributed by atoms with Gasteiger partial charge in [0.2, 0.25) is 5.91 Å².